The van der Waals surface area contributed by atoms with E-state index in [2.05, 4.69) is 21.4 Å². The highest BCUT2D eigenvalue weighted by Crippen LogP contribution is 2.44. The van der Waals surface area contributed by atoms with Gasteiger partial charge >= 0.3 is 0 Å². The normalized spacial score (nSPS) is 25.7. The molecule has 1 unspecified atom stereocenters. The lowest BCUT2D eigenvalue weighted by atomic mass is 9.97. The van der Waals surface area contributed by atoms with E-state index in [4.69, 9.17) is 4.98 Å². The first-order chi connectivity index (χ1) is 17.0. The Morgan fingerprint density at radius 3 is 2.89 bits per heavy atom. The molecule has 1 aliphatic heterocycles. The highest BCUT2D eigenvalue weighted by molar-refractivity contribution is 7.16. The molecule has 4 heterocycles. The number of hydrogen-bond acceptors (Lipinski definition) is 7. The molecule has 6 rings (SSSR count). The molecule has 3 aromatic heterocycles. The zero-order valence-corrected chi connectivity index (χ0v) is 20.6. The molecule has 2 fully saturated rings. The van der Waals surface area contributed by atoms with Crippen LogP contribution in [0.5, 0.6) is 0 Å². The van der Waals surface area contributed by atoms with Gasteiger partial charge in [-0.15, -0.1) is 11.3 Å². The predicted octanol–water partition coefficient (Wildman–Crippen LogP) is 3.43. The minimum atomic E-state index is -0.930. The molecule has 9 heteroatoms. The number of amides is 1. The smallest absolute Gasteiger partial charge is 0.251 e. The number of likely N-dealkylation sites (tertiary alicyclic amines) is 1. The first-order valence-electron chi connectivity index (χ1n) is 12.5. The highest BCUT2D eigenvalue weighted by atomic mass is 32.1. The van der Waals surface area contributed by atoms with Gasteiger partial charge in [-0.1, -0.05) is 6.08 Å². The van der Waals surface area contributed by atoms with Crippen molar-refractivity contribution >= 4 is 39.5 Å². The van der Waals surface area contributed by atoms with E-state index in [0.717, 1.165) is 78.2 Å². The van der Waals surface area contributed by atoms with Crippen molar-refractivity contribution < 1.29 is 15.0 Å². The number of aliphatic hydroxyl groups excluding tert-OH is 2. The summed E-state index contributed by atoms with van der Waals surface area (Å²) in [6, 6.07) is 2.38. The van der Waals surface area contributed by atoms with Gasteiger partial charge in [-0.2, -0.15) is 0 Å². The number of aromatic amines is 1. The number of H-pyrrole nitrogens is 1. The maximum absolute atomic E-state index is 12.2. The van der Waals surface area contributed by atoms with Gasteiger partial charge in [0.1, 0.15) is 16.8 Å². The van der Waals surface area contributed by atoms with E-state index in [-0.39, 0.29) is 12.5 Å². The van der Waals surface area contributed by atoms with Crippen molar-refractivity contribution in [2.75, 3.05) is 25.0 Å². The highest BCUT2D eigenvalue weighted by Gasteiger charge is 2.43. The van der Waals surface area contributed by atoms with E-state index in [9.17, 15) is 15.0 Å². The molecular formula is C26H31N5O3S. The maximum atomic E-state index is 12.2. The van der Waals surface area contributed by atoms with E-state index in [1.54, 1.807) is 18.3 Å². The first-order valence-corrected chi connectivity index (χ1v) is 13.3. The Kier molecular flexibility index (Phi) is 5.86. The number of anilines is 1. The number of carbonyl (C=O) groups excluding carboxylic acids is 1. The van der Waals surface area contributed by atoms with Crippen molar-refractivity contribution in [2.24, 2.45) is 11.8 Å². The monoisotopic (exact) mass is 493 g/mol. The van der Waals surface area contributed by atoms with Crippen LogP contribution in [0.15, 0.2) is 24.5 Å². The number of aromatic nitrogens is 3. The second-order valence-corrected chi connectivity index (χ2v) is 11.1. The molecule has 184 valence electrons. The van der Waals surface area contributed by atoms with Gasteiger partial charge in [0.05, 0.1) is 28.4 Å². The molecule has 8 nitrogen and oxygen atoms in total. The topological polar surface area (TPSA) is 114 Å². The number of rotatable bonds is 5. The fourth-order valence-electron chi connectivity index (χ4n) is 6.14. The molecule has 3 aliphatic rings. The Labute approximate surface area is 208 Å². The Morgan fingerprint density at radius 2 is 2.14 bits per heavy atom. The quantitative estimate of drug-likeness (QED) is 0.433. The molecule has 4 N–H and O–H groups in total. The van der Waals surface area contributed by atoms with Crippen molar-refractivity contribution in [3.8, 4) is 10.6 Å². The third-order valence-corrected chi connectivity index (χ3v) is 8.98. The zero-order chi connectivity index (χ0) is 24.1. The van der Waals surface area contributed by atoms with Gasteiger partial charge in [0.15, 0.2) is 0 Å². The minimum Gasteiger partial charge on any atom is -0.392 e. The molecule has 4 atom stereocenters. The largest absolute Gasteiger partial charge is 0.392 e. The fraction of sp³-hybridized carbons (Fsp3) is 0.500. The zero-order valence-electron chi connectivity index (χ0n) is 19.8. The van der Waals surface area contributed by atoms with E-state index in [1.165, 1.54) is 10.5 Å². The summed E-state index contributed by atoms with van der Waals surface area (Å²) in [5.41, 5.74) is 5.25. The summed E-state index contributed by atoms with van der Waals surface area (Å²) >= 11 is 1.69. The second kappa shape index (κ2) is 9.04. The van der Waals surface area contributed by atoms with E-state index < -0.39 is 6.10 Å². The molecular weight excluding hydrogens is 462 g/mol. The minimum absolute atomic E-state index is 0.0515. The SMILES string of the molecule is C[C@H](O)C(=O)N1C[C@H]2CC(Nc3c(-c4nc5c(s4)/C(=C/CO)CCC5)cnc4[nH]ccc34)C[C@H]2C1. The number of nitrogens with one attached hydrogen (secondary N) is 2. The number of nitrogens with zero attached hydrogens (tertiary/aromatic N) is 3. The lowest BCUT2D eigenvalue weighted by Gasteiger charge is -2.22. The van der Waals surface area contributed by atoms with Crippen molar-refractivity contribution in [1.82, 2.24) is 19.9 Å². The number of aryl methyl sites for hydroxylation is 1. The molecule has 0 radical (unpaired) electrons. The molecule has 0 bridgehead atoms. The summed E-state index contributed by atoms with van der Waals surface area (Å²) in [5, 5.41) is 25.0. The predicted molar refractivity (Wildman–Crippen MR) is 137 cm³/mol. The summed E-state index contributed by atoms with van der Waals surface area (Å²) in [4.78, 5) is 28.2. The lowest BCUT2D eigenvalue weighted by molar-refractivity contribution is -0.138. The van der Waals surface area contributed by atoms with Crippen molar-refractivity contribution in [3.63, 3.8) is 0 Å². The molecule has 0 aromatic carbocycles. The molecule has 1 amide bonds. The van der Waals surface area contributed by atoms with Gasteiger partial charge in [0, 0.05) is 36.9 Å². The number of allylic oxidation sites excluding steroid dienone is 1. The lowest BCUT2D eigenvalue weighted by Crippen LogP contribution is -2.37. The van der Waals surface area contributed by atoms with Crippen LogP contribution in [0, 0.1) is 11.8 Å². The molecule has 2 aliphatic carbocycles. The summed E-state index contributed by atoms with van der Waals surface area (Å²) < 4.78 is 0. The summed E-state index contributed by atoms with van der Waals surface area (Å²) in [5.74, 6) is 0.762. The van der Waals surface area contributed by atoms with Crippen LogP contribution < -0.4 is 5.32 Å². The molecule has 1 saturated carbocycles. The third-order valence-electron chi connectivity index (χ3n) is 7.77. The van der Waals surface area contributed by atoms with Gasteiger partial charge < -0.3 is 25.4 Å². The summed E-state index contributed by atoms with van der Waals surface area (Å²) in [6.07, 6.45) is 9.82. The number of fused-ring (bicyclic) bond motifs is 3. The maximum Gasteiger partial charge on any atom is 0.251 e. The Bertz CT molecular complexity index is 1280. The van der Waals surface area contributed by atoms with Gasteiger partial charge in [0.2, 0.25) is 0 Å². The van der Waals surface area contributed by atoms with Gasteiger partial charge in [-0.3, -0.25) is 4.79 Å². The van der Waals surface area contributed by atoms with Crippen molar-refractivity contribution in [3.05, 3.63) is 35.1 Å². The van der Waals surface area contributed by atoms with E-state index in [0.29, 0.717) is 17.9 Å². The van der Waals surface area contributed by atoms with Crippen molar-refractivity contribution in [2.45, 2.75) is 51.2 Å². The molecule has 1 saturated heterocycles. The van der Waals surface area contributed by atoms with Crippen LogP contribution in [0.4, 0.5) is 5.69 Å². The average molecular weight is 494 g/mol. The van der Waals surface area contributed by atoms with Crippen LogP contribution >= 0.6 is 11.3 Å². The van der Waals surface area contributed by atoms with Crippen LogP contribution in [-0.4, -0.2) is 67.8 Å². The number of pyridine rings is 1. The Morgan fingerprint density at radius 1 is 1.34 bits per heavy atom. The Hall–Kier alpha value is -2.75. The van der Waals surface area contributed by atoms with Crippen LogP contribution in [0.25, 0.3) is 27.2 Å². The van der Waals surface area contributed by atoms with Gasteiger partial charge in [0.25, 0.3) is 5.91 Å². The third kappa shape index (κ3) is 4.05. The number of aliphatic hydroxyl groups is 2. The number of thiazole rings is 1. The fourth-order valence-corrected chi connectivity index (χ4v) is 7.34. The summed E-state index contributed by atoms with van der Waals surface area (Å²) in [7, 11) is 0. The molecule has 0 spiro atoms. The number of hydrogen-bond donors (Lipinski definition) is 4. The van der Waals surface area contributed by atoms with Crippen LogP contribution in [0.3, 0.4) is 0 Å². The second-order valence-electron chi connectivity index (χ2n) is 10.1. The van der Waals surface area contributed by atoms with Gasteiger partial charge in [-0.05, 0) is 62.5 Å². The first kappa shape index (κ1) is 22.7. The molecule has 3 aromatic rings. The molecule has 35 heavy (non-hydrogen) atoms. The van der Waals surface area contributed by atoms with Gasteiger partial charge in [-0.25, -0.2) is 9.97 Å². The number of carbonyl (C=O) groups is 1. The van der Waals surface area contributed by atoms with Crippen LogP contribution in [-0.2, 0) is 11.2 Å². The average Bonchev–Trinajstić information content (AvgIpc) is 3.61. The van der Waals surface area contributed by atoms with Crippen molar-refractivity contribution in [1.29, 1.82) is 0 Å². The van der Waals surface area contributed by atoms with E-state index >= 15 is 0 Å². The van der Waals surface area contributed by atoms with Crippen LogP contribution in [0.2, 0.25) is 0 Å². The van der Waals surface area contributed by atoms with Crippen LogP contribution in [0.1, 0.15) is 43.2 Å². The summed E-state index contributed by atoms with van der Waals surface area (Å²) in [6.45, 7) is 3.06. The Balaban J connectivity index is 1.29. The van der Waals surface area contributed by atoms with E-state index in [1.807, 2.05) is 23.4 Å². The standard InChI is InChI=1S/C26H31N5O3S/c1-14(33)26(34)31-12-16-9-18(10-17(16)13-31)29-22-19-5-7-27-24(19)28-11-20(22)25-30-21-4-2-3-15(6-8-32)23(21)35-25/h5-7,11,14,16-18,32-33H,2-4,8-10,12-13H2,1H3,(H2,27,28,29)/b15-6+/t14-,16-,17+,18?/m0/s1.